The molecule has 1 aliphatic heterocycles. The van der Waals surface area contributed by atoms with E-state index in [1.165, 1.54) is 4.88 Å². The highest BCUT2D eigenvalue weighted by atomic mass is 32.1. The van der Waals surface area contributed by atoms with Crippen LogP contribution < -0.4 is 0 Å². The van der Waals surface area contributed by atoms with E-state index in [4.69, 9.17) is 0 Å². The van der Waals surface area contributed by atoms with E-state index >= 15 is 0 Å². The van der Waals surface area contributed by atoms with E-state index in [0.717, 1.165) is 9.78 Å². The largest absolute Gasteiger partial charge is 0.350 e. The summed E-state index contributed by atoms with van der Waals surface area (Å²) in [4.78, 5) is 30.3. The molecular formula is C11H12N2O2S. The number of aryl methyl sites for hydroxylation is 1. The topological polar surface area (TPSA) is 49.7 Å². The molecule has 0 fully saturated rings. The minimum Gasteiger partial charge on any atom is -0.267 e. The molecule has 1 aromatic heterocycles. The molecule has 0 atom stereocenters. The van der Waals surface area contributed by atoms with E-state index in [9.17, 15) is 9.59 Å². The normalized spacial score (nSPS) is 15.9. The van der Waals surface area contributed by atoms with E-state index in [-0.39, 0.29) is 5.91 Å². The second-order valence-corrected chi connectivity index (χ2v) is 4.95. The molecule has 0 saturated carbocycles. The molecule has 0 radical (unpaired) electrons. The Morgan fingerprint density at radius 3 is 2.62 bits per heavy atom. The molecule has 16 heavy (non-hydrogen) atoms. The van der Waals surface area contributed by atoms with Gasteiger partial charge in [0.05, 0.1) is 0 Å². The summed E-state index contributed by atoms with van der Waals surface area (Å²) < 4.78 is 0. The maximum atomic E-state index is 11.7. The predicted octanol–water partition coefficient (Wildman–Crippen LogP) is 2.02. The zero-order chi connectivity index (χ0) is 11.7. The highest BCUT2D eigenvalue weighted by molar-refractivity contribution is 7.12. The Balaban J connectivity index is 2.15. The summed E-state index contributed by atoms with van der Waals surface area (Å²) in [5.74, 6) is -0.251. The zero-order valence-electron chi connectivity index (χ0n) is 9.19. The minimum atomic E-state index is -0.434. The van der Waals surface area contributed by atoms with E-state index in [2.05, 4.69) is 4.99 Å². The van der Waals surface area contributed by atoms with Crippen LogP contribution >= 0.6 is 11.3 Å². The Bertz CT molecular complexity index is 476. The van der Waals surface area contributed by atoms with Crippen LogP contribution in [0.4, 0.5) is 4.79 Å². The fourth-order valence-corrected chi connectivity index (χ4v) is 2.50. The van der Waals surface area contributed by atoms with Crippen molar-refractivity contribution >= 4 is 29.0 Å². The first kappa shape index (κ1) is 11.0. The van der Waals surface area contributed by atoms with Crippen molar-refractivity contribution in [3.8, 4) is 0 Å². The molecule has 0 aromatic carbocycles. The van der Waals surface area contributed by atoms with Crippen LogP contribution in [0.1, 0.15) is 16.7 Å². The van der Waals surface area contributed by atoms with Crippen LogP contribution in [0.25, 0.3) is 0 Å². The van der Waals surface area contributed by atoms with E-state index in [1.807, 2.05) is 19.1 Å². The molecule has 0 spiro atoms. The number of amides is 3. The number of hydrogen-bond acceptors (Lipinski definition) is 3. The van der Waals surface area contributed by atoms with Gasteiger partial charge in [0, 0.05) is 22.7 Å². The van der Waals surface area contributed by atoms with Crippen molar-refractivity contribution in [1.29, 1.82) is 0 Å². The minimum absolute atomic E-state index is 0.251. The van der Waals surface area contributed by atoms with Gasteiger partial charge < -0.3 is 0 Å². The molecule has 5 heteroatoms. The van der Waals surface area contributed by atoms with Crippen LogP contribution in [0.5, 0.6) is 0 Å². The third-order valence-electron chi connectivity index (χ3n) is 2.41. The Morgan fingerprint density at radius 2 is 2.12 bits per heavy atom. The second kappa shape index (κ2) is 4.17. The first-order chi connectivity index (χ1) is 7.61. The fraction of sp³-hybridized carbons (Fsp3) is 0.364. The molecule has 0 aliphatic carbocycles. The average molecular weight is 236 g/mol. The maximum Gasteiger partial charge on any atom is 0.350 e. The maximum absolute atomic E-state index is 11.7. The number of rotatable bonds is 3. The third kappa shape index (κ3) is 1.90. The third-order valence-corrected chi connectivity index (χ3v) is 3.41. The van der Waals surface area contributed by atoms with E-state index in [0.29, 0.717) is 18.7 Å². The lowest BCUT2D eigenvalue weighted by atomic mass is 10.2. The fourth-order valence-electron chi connectivity index (χ4n) is 1.61. The van der Waals surface area contributed by atoms with Crippen molar-refractivity contribution in [2.45, 2.75) is 20.3 Å². The summed E-state index contributed by atoms with van der Waals surface area (Å²) in [7, 11) is 0. The molecular weight excluding hydrogens is 224 g/mol. The quantitative estimate of drug-likeness (QED) is 0.806. The van der Waals surface area contributed by atoms with Crippen LogP contribution in [0.2, 0.25) is 0 Å². The number of aliphatic imine (C=N–C) groups is 1. The molecule has 4 nitrogen and oxygen atoms in total. The van der Waals surface area contributed by atoms with Gasteiger partial charge in [0.2, 0.25) is 0 Å². The van der Waals surface area contributed by atoms with Crippen LogP contribution in [0.15, 0.2) is 17.1 Å². The molecule has 2 rings (SSSR count). The van der Waals surface area contributed by atoms with Crippen molar-refractivity contribution in [1.82, 2.24) is 4.90 Å². The van der Waals surface area contributed by atoms with Crippen LogP contribution in [0.3, 0.4) is 0 Å². The summed E-state index contributed by atoms with van der Waals surface area (Å²) in [6.45, 7) is 4.16. The SMILES string of the molecule is CCN1C(=O)N=C(Cc2ccc(C)s2)C1=O. The van der Waals surface area contributed by atoms with Gasteiger partial charge in [-0.2, -0.15) is 4.99 Å². The number of urea groups is 1. The summed E-state index contributed by atoms with van der Waals surface area (Å²) in [6, 6.07) is 3.53. The van der Waals surface area contributed by atoms with Gasteiger partial charge in [-0.25, -0.2) is 4.79 Å². The molecule has 0 bridgehead atoms. The molecule has 2 heterocycles. The Hall–Kier alpha value is -1.49. The summed E-state index contributed by atoms with van der Waals surface area (Å²) in [6.07, 6.45) is 0.458. The highest BCUT2D eigenvalue weighted by Crippen LogP contribution is 2.18. The smallest absolute Gasteiger partial charge is 0.267 e. The van der Waals surface area contributed by atoms with Gasteiger partial charge in [-0.3, -0.25) is 9.69 Å². The summed E-state index contributed by atoms with van der Waals surface area (Å²) in [5.41, 5.74) is 0.355. The number of carbonyl (C=O) groups is 2. The first-order valence-electron chi connectivity index (χ1n) is 5.10. The lowest BCUT2D eigenvalue weighted by Gasteiger charge is -2.08. The number of imide groups is 1. The van der Waals surface area contributed by atoms with Gasteiger partial charge in [0.1, 0.15) is 5.71 Å². The van der Waals surface area contributed by atoms with Gasteiger partial charge >= 0.3 is 6.03 Å². The Kier molecular flexibility index (Phi) is 2.87. The highest BCUT2D eigenvalue weighted by Gasteiger charge is 2.31. The summed E-state index contributed by atoms with van der Waals surface area (Å²) in [5, 5.41) is 0. The molecule has 3 amide bonds. The molecule has 1 aliphatic rings. The predicted molar refractivity (Wildman–Crippen MR) is 63.0 cm³/mol. The van der Waals surface area contributed by atoms with Crippen LogP contribution in [-0.4, -0.2) is 29.1 Å². The Labute approximate surface area is 97.6 Å². The van der Waals surface area contributed by atoms with Crippen molar-refractivity contribution in [2.75, 3.05) is 6.54 Å². The molecule has 0 N–H and O–H groups in total. The van der Waals surface area contributed by atoms with Crippen molar-refractivity contribution in [3.05, 3.63) is 21.9 Å². The van der Waals surface area contributed by atoms with Crippen LogP contribution in [0, 0.1) is 6.92 Å². The lowest BCUT2D eigenvalue weighted by molar-refractivity contribution is -0.120. The molecule has 84 valence electrons. The number of carbonyl (C=O) groups excluding carboxylic acids is 2. The van der Waals surface area contributed by atoms with Gasteiger partial charge in [-0.05, 0) is 26.0 Å². The zero-order valence-corrected chi connectivity index (χ0v) is 10.0. The van der Waals surface area contributed by atoms with Crippen molar-refractivity contribution in [2.24, 2.45) is 4.99 Å². The Morgan fingerprint density at radius 1 is 1.38 bits per heavy atom. The lowest BCUT2D eigenvalue weighted by Crippen LogP contribution is -2.32. The monoisotopic (exact) mass is 236 g/mol. The number of hydrogen-bond donors (Lipinski definition) is 0. The van der Waals surface area contributed by atoms with Gasteiger partial charge in [-0.1, -0.05) is 0 Å². The standard InChI is InChI=1S/C11H12N2O2S/c1-3-13-10(14)9(12-11(13)15)6-8-5-4-7(2)16-8/h4-5H,3,6H2,1-2H3. The van der Waals surface area contributed by atoms with Gasteiger partial charge in [-0.15, -0.1) is 11.3 Å². The number of thiophene rings is 1. The van der Waals surface area contributed by atoms with Gasteiger partial charge in [0.25, 0.3) is 5.91 Å². The average Bonchev–Trinajstić information content (AvgIpc) is 2.74. The number of nitrogens with zero attached hydrogens (tertiary/aromatic N) is 2. The molecule has 0 unspecified atom stereocenters. The van der Waals surface area contributed by atoms with E-state index < -0.39 is 6.03 Å². The van der Waals surface area contributed by atoms with Crippen molar-refractivity contribution in [3.63, 3.8) is 0 Å². The van der Waals surface area contributed by atoms with E-state index in [1.54, 1.807) is 18.3 Å². The van der Waals surface area contributed by atoms with Crippen molar-refractivity contribution < 1.29 is 9.59 Å². The molecule has 0 saturated heterocycles. The molecule has 1 aromatic rings. The second-order valence-electron chi connectivity index (χ2n) is 3.58. The summed E-state index contributed by atoms with van der Waals surface area (Å²) >= 11 is 1.62. The van der Waals surface area contributed by atoms with Gasteiger partial charge in [0.15, 0.2) is 0 Å². The first-order valence-corrected chi connectivity index (χ1v) is 5.92. The van der Waals surface area contributed by atoms with Crippen LogP contribution in [-0.2, 0) is 11.2 Å².